The van der Waals surface area contributed by atoms with E-state index in [9.17, 15) is 4.79 Å². The molecule has 0 radical (unpaired) electrons. The van der Waals surface area contributed by atoms with Crippen LogP contribution in [0.1, 0.15) is 23.2 Å². The van der Waals surface area contributed by atoms with E-state index in [-0.39, 0.29) is 5.91 Å². The van der Waals surface area contributed by atoms with Gasteiger partial charge in [0.05, 0.1) is 19.3 Å². The van der Waals surface area contributed by atoms with E-state index >= 15 is 0 Å². The summed E-state index contributed by atoms with van der Waals surface area (Å²) in [5.41, 5.74) is 0.642. The maximum absolute atomic E-state index is 12.5. The second-order valence-electron chi connectivity index (χ2n) is 4.92. The molecule has 1 aliphatic heterocycles. The van der Waals surface area contributed by atoms with Gasteiger partial charge in [0.2, 0.25) is 0 Å². The van der Waals surface area contributed by atoms with Gasteiger partial charge in [-0.05, 0) is 30.9 Å². The summed E-state index contributed by atoms with van der Waals surface area (Å²) in [5.74, 6) is 1.14. The summed E-state index contributed by atoms with van der Waals surface area (Å²) in [6.45, 7) is 2.30. The van der Waals surface area contributed by atoms with Gasteiger partial charge in [0, 0.05) is 20.2 Å². The zero-order valence-electron chi connectivity index (χ0n) is 11.6. The van der Waals surface area contributed by atoms with Gasteiger partial charge in [-0.2, -0.15) is 0 Å². The molecule has 0 N–H and O–H groups in total. The van der Waals surface area contributed by atoms with Crippen molar-refractivity contribution in [3.63, 3.8) is 0 Å². The Labute approximate surface area is 114 Å². The highest BCUT2D eigenvalue weighted by molar-refractivity contribution is 5.97. The number of carbonyl (C=O) groups is 1. The molecule has 4 nitrogen and oxygen atoms in total. The molecule has 0 aliphatic carbocycles. The van der Waals surface area contributed by atoms with E-state index in [2.05, 4.69) is 0 Å². The molecule has 1 saturated heterocycles. The van der Waals surface area contributed by atoms with Crippen LogP contribution in [-0.2, 0) is 4.74 Å². The molecule has 0 spiro atoms. The van der Waals surface area contributed by atoms with Crippen molar-refractivity contribution in [3.8, 4) is 5.75 Å². The van der Waals surface area contributed by atoms with Crippen molar-refractivity contribution in [1.82, 2.24) is 4.90 Å². The molecule has 1 fully saturated rings. The molecule has 1 atom stereocenters. The van der Waals surface area contributed by atoms with Gasteiger partial charge < -0.3 is 14.4 Å². The van der Waals surface area contributed by atoms with Gasteiger partial charge in [0.15, 0.2) is 0 Å². The first kappa shape index (κ1) is 13.9. The van der Waals surface area contributed by atoms with Crippen molar-refractivity contribution in [2.24, 2.45) is 5.92 Å². The van der Waals surface area contributed by atoms with E-state index in [1.807, 2.05) is 29.2 Å². The Morgan fingerprint density at radius 1 is 1.37 bits per heavy atom. The van der Waals surface area contributed by atoms with Crippen molar-refractivity contribution in [3.05, 3.63) is 29.8 Å². The second kappa shape index (κ2) is 6.57. The summed E-state index contributed by atoms with van der Waals surface area (Å²) in [5, 5.41) is 0. The number of hydrogen-bond acceptors (Lipinski definition) is 3. The van der Waals surface area contributed by atoms with E-state index in [4.69, 9.17) is 9.47 Å². The first-order valence-electron chi connectivity index (χ1n) is 6.67. The topological polar surface area (TPSA) is 38.8 Å². The molecule has 1 aromatic carbocycles. The molecule has 0 aromatic heterocycles. The number of amides is 1. The Kier molecular flexibility index (Phi) is 4.80. The number of piperidine rings is 1. The van der Waals surface area contributed by atoms with E-state index in [0.717, 1.165) is 32.5 Å². The Bertz CT molecular complexity index is 431. The fraction of sp³-hybridized carbons (Fsp3) is 0.533. The summed E-state index contributed by atoms with van der Waals surface area (Å²) < 4.78 is 10.5. The van der Waals surface area contributed by atoms with Crippen LogP contribution in [0.2, 0.25) is 0 Å². The highest BCUT2D eigenvalue weighted by Gasteiger charge is 2.25. The minimum Gasteiger partial charge on any atom is -0.496 e. The van der Waals surface area contributed by atoms with Crippen molar-refractivity contribution >= 4 is 5.91 Å². The van der Waals surface area contributed by atoms with Gasteiger partial charge in [-0.15, -0.1) is 0 Å². The number of benzene rings is 1. The van der Waals surface area contributed by atoms with Gasteiger partial charge in [-0.1, -0.05) is 12.1 Å². The standard InChI is InChI=1S/C15H21NO3/c1-18-11-12-6-5-9-16(10-12)15(17)13-7-3-4-8-14(13)19-2/h3-4,7-8,12H,5-6,9-11H2,1-2H3. The summed E-state index contributed by atoms with van der Waals surface area (Å²) in [6, 6.07) is 7.39. The molecule has 19 heavy (non-hydrogen) atoms. The van der Waals surface area contributed by atoms with Crippen LogP contribution in [0.25, 0.3) is 0 Å². The van der Waals surface area contributed by atoms with Crippen LogP contribution >= 0.6 is 0 Å². The Balaban J connectivity index is 2.10. The first-order valence-corrected chi connectivity index (χ1v) is 6.67. The Morgan fingerprint density at radius 2 is 2.16 bits per heavy atom. The first-order chi connectivity index (χ1) is 9.26. The summed E-state index contributed by atoms with van der Waals surface area (Å²) in [7, 11) is 3.30. The van der Waals surface area contributed by atoms with Crippen LogP contribution in [0.3, 0.4) is 0 Å². The van der Waals surface area contributed by atoms with Gasteiger partial charge >= 0.3 is 0 Å². The maximum Gasteiger partial charge on any atom is 0.257 e. The molecule has 0 saturated carbocycles. The summed E-state index contributed by atoms with van der Waals surface area (Å²) in [4.78, 5) is 14.4. The minimum absolute atomic E-state index is 0.0539. The third-order valence-corrected chi connectivity index (χ3v) is 3.55. The SMILES string of the molecule is COCC1CCCN(C(=O)c2ccccc2OC)C1. The number of hydrogen-bond donors (Lipinski definition) is 0. The number of ether oxygens (including phenoxy) is 2. The molecule has 1 amide bonds. The zero-order chi connectivity index (χ0) is 13.7. The van der Waals surface area contributed by atoms with Gasteiger partial charge in [0.25, 0.3) is 5.91 Å². The third kappa shape index (κ3) is 3.26. The highest BCUT2D eigenvalue weighted by atomic mass is 16.5. The lowest BCUT2D eigenvalue weighted by molar-refractivity contribution is 0.0568. The number of nitrogens with zero attached hydrogens (tertiary/aromatic N) is 1. The number of para-hydroxylation sites is 1. The van der Waals surface area contributed by atoms with E-state index < -0.39 is 0 Å². The van der Waals surface area contributed by atoms with Crippen molar-refractivity contribution < 1.29 is 14.3 Å². The Morgan fingerprint density at radius 3 is 2.89 bits per heavy atom. The average molecular weight is 263 g/mol. The molecule has 1 aliphatic rings. The minimum atomic E-state index is 0.0539. The highest BCUT2D eigenvalue weighted by Crippen LogP contribution is 2.23. The Hall–Kier alpha value is -1.55. The normalized spacial score (nSPS) is 19.3. The molecule has 2 rings (SSSR count). The predicted molar refractivity (Wildman–Crippen MR) is 73.5 cm³/mol. The van der Waals surface area contributed by atoms with Gasteiger partial charge in [0.1, 0.15) is 5.75 Å². The lowest BCUT2D eigenvalue weighted by atomic mass is 9.98. The van der Waals surface area contributed by atoms with Crippen LogP contribution in [0.15, 0.2) is 24.3 Å². The fourth-order valence-electron chi connectivity index (χ4n) is 2.61. The van der Waals surface area contributed by atoms with Gasteiger partial charge in [-0.3, -0.25) is 4.79 Å². The summed E-state index contributed by atoms with van der Waals surface area (Å²) in [6.07, 6.45) is 2.17. The van der Waals surface area contributed by atoms with Gasteiger partial charge in [-0.25, -0.2) is 0 Å². The molecule has 0 bridgehead atoms. The van der Waals surface area contributed by atoms with Crippen molar-refractivity contribution in [2.75, 3.05) is 33.9 Å². The molecule has 104 valence electrons. The van der Waals surface area contributed by atoms with Crippen molar-refractivity contribution in [1.29, 1.82) is 0 Å². The number of methoxy groups -OCH3 is 2. The van der Waals surface area contributed by atoms with Crippen LogP contribution in [0.5, 0.6) is 5.75 Å². The average Bonchev–Trinajstić information content (AvgIpc) is 2.47. The second-order valence-corrected chi connectivity index (χ2v) is 4.92. The number of rotatable bonds is 4. The predicted octanol–water partition coefficient (Wildman–Crippen LogP) is 2.19. The van der Waals surface area contributed by atoms with Crippen LogP contribution in [-0.4, -0.2) is 44.7 Å². The van der Waals surface area contributed by atoms with Crippen LogP contribution in [0, 0.1) is 5.92 Å². The van der Waals surface area contributed by atoms with E-state index in [1.54, 1.807) is 14.2 Å². The number of carbonyl (C=O) groups excluding carboxylic acids is 1. The lowest BCUT2D eigenvalue weighted by Crippen LogP contribution is -2.41. The van der Waals surface area contributed by atoms with Crippen LogP contribution < -0.4 is 4.74 Å². The summed E-state index contributed by atoms with van der Waals surface area (Å²) >= 11 is 0. The van der Waals surface area contributed by atoms with Crippen LogP contribution in [0.4, 0.5) is 0 Å². The monoisotopic (exact) mass is 263 g/mol. The van der Waals surface area contributed by atoms with E-state index in [0.29, 0.717) is 17.2 Å². The molecular weight excluding hydrogens is 242 g/mol. The maximum atomic E-state index is 12.5. The third-order valence-electron chi connectivity index (χ3n) is 3.55. The number of likely N-dealkylation sites (tertiary alicyclic amines) is 1. The van der Waals surface area contributed by atoms with Crippen molar-refractivity contribution in [2.45, 2.75) is 12.8 Å². The van der Waals surface area contributed by atoms with E-state index in [1.165, 1.54) is 0 Å². The molecular formula is C15H21NO3. The zero-order valence-corrected chi connectivity index (χ0v) is 11.6. The molecule has 1 heterocycles. The molecule has 1 aromatic rings. The largest absolute Gasteiger partial charge is 0.496 e. The molecule has 1 unspecified atom stereocenters. The lowest BCUT2D eigenvalue weighted by Gasteiger charge is -2.32. The quantitative estimate of drug-likeness (QED) is 0.836. The fourth-order valence-corrected chi connectivity index (χ4v) is 2.61. The molecule has 4 heteroatoms. The smallest absolute Gasteiger partial charge is 0.257 e.